The number of benzene rings is 3. The number of rotatable bonds is 9. The first-order valence-electron chi connectivity index (χ1n) is 12.3. The molecule has 3 unspecified atom stereocenters. The van der Waals surface area contributed by atoms with Gasteiger partial charge in [-0.2, -0.15) is 0 Å². The van der Waals surface area contributed by atoms with Gasteiger partial charge in [0.2, 0.25) is 0 Å². The predicted molar refractivity (Wildman–Crippen MR) is 150 cm³/mol. The van der Waals surface area contributed by atoms with E-state index in [-0.39, 0.29) is 5.91 Å². The Balaban J connectivity index is 1.74. The van der Waals surface area contributed by atoms with E-state index in [4.69, 9.17) is 15.3 Å². The van der Waals surface area contributed by atoms with Gasteiger partial charge < -0.3 is 20.1 Å². The monoisotopic (exact) mass is 515 g/mol. The molecule has 0 radical (unpaired) electrons. The lowest BCUT2D eigenvalue weighted by Gasteiger charge is -2.24. The van der Waals surface area contributed by atoms with E-state index in [1.165, 1.54) is 6.21 Å². The summed E-state index contributed by atoms with van der Waals surface area (Å²) in [6.07, 6.45) is -1.67. The Morgan fingerprint density at radius 1 is 1.00 bits per heavy atom. The number of nitrogens with one attached hydrogen (secondary N) is 1. The first-order chi connectivity index (χ1) is 18.2. The summed E-state index contributed by atoms with van der Waals surface area (Å²) in [5.41, 5.74) is 7.46. The number of hydrogen-bond donors (Lipinski definition) is 4. The molecule has 0 aliphatic heterocycles. The molecule has 0 saturated carbocycles. The van der Waals surface area contributed by atoms with Gasteiger partial charge in [-0.1, -0.05) is 49.4 Å². The molecule has 0 saturated heterocycles. The van der Waals surface area contributed by atoms with Crippen molar-refractivity contribution < 1.29 is 24.9 Å². The number of amidine groups is 1. The fourth-order valence-electron chi connectivity index (χ4n) is 4.08. The van der Waals surface area contributed by atoms with Crippen molar-refractivity contribution >= 4 is 24.9 Å². The van der Waals surface area contributed by atoms with Gasteiger partial charge in [0, 0.05) is 11.8 Å². The molecule has 0 spiro atoms. The minimum atomic E-state index is -1.35. The maximum atomic E-state index is 11.7. The molecule has 3 aromatic rings. The second-order valence-corrected chi connectivity index (χ2v) is 9.01. The van der Waals surface area contributed by atoms with E-state index in [1.807, 2.05) is 44.2 Å². The average Bonchev–Trinajstić information content (AvgIpc) is 2.95. The molecule has 0 bridgehead atoms. The van der Waals surface area contributed by atoms with Gasteiger partial charge in [0.05, 0.1) is 6.61 Å². The maximum Gasteiger partial charge on any atom is 0.309 e. The molecule has 3 atom stereocenters. The largest absolute Gasteiger partial charge is 0.458 e. The number of carbonyl (C=O) groups excluding carboxylic acids is 1. The van der Waals surface area contributed by atoms with Crippen LogP contribution < -0.4 is 0 Å². The lowest BCUT2D eigenvalue weighted by molar-refractivity contribution is -0.0726. The Kier molecular flexibility index (Phi) is 9.78. The molecule has 198 valence electrons. The molecular formula is C30H33N3O5. The average molecular weight is 516 g/mol. The van der Waals surface area contributed by atoms with Crippen LogP contribution in [0, 0.1) is 19.3 Å². The summed E-state index contributed by atoms with van der Waals surface area (Å²) < 4.78 is 5.38. The third kappa shape index (κ3) is 6.86. The zero-order valence-electron chi connectivity index (χ0n) is 21.8. The minimum absolute atomic E-state index is 0.333. The Hall–Kier alpha value is -3.98. The third-order valence-electron chi connectivity index (χ3n) is 6.37. The van der Waals surface area contributed by atoms with Crippen molar-refractivity contribution in [1.82, 2.24) is 0 Å². The number of aliphatic imine (C=N–C) groups is 2. The number of amides is 1. The van der Waals surface area contributed by atoms with Gasteiger partial charge in [0.25, 0.3) is 5.91 Å². The zero-order valence-corrected chi connectivity index (χ0v) is 21.8. The number of carbonyl (C=O) groups is 1. The third-order valence-corrected chi connectivity index (χ3v) is 6.37. The summed E-state index contributed by atoms with van der Waals surface area (Å²) >= 11 is 0. The van der Waals surface area contributed by atoms with E-state index < -0.39 is 30.9 Å². The fourth-order valence-corrected chi connectivity index (χ4v) is 4.08. The Labute approximate surface area is 222 Å². The molecule has 38 heavy (non-hydrogen) atoms. The number of aliphatic hydroxyl groups excluding tert-OH is 3. The van der Waals surface area contributed by atoms with Crippen LogP contribution in [-0.4, -0.2) is 65.1 Å². The van der Waals surface area contributed by atoms with Crippen LogP contribution in [0.4, 0.5) is 0 Å². The number of hydrogen-bond acceptors (Lipinski definition) is 6. The van der Waals surface area contributed by atoms with Crippen LogP contribution in [0.25, 0.3) is 22.3 Å². The van der Waals surface area contributed by atoms with Gasteiger partial charge in [0.15, 0.2) is 0 Å². The Morgan fingerprint density at radius 2 is 1.58 bits per heavy atom. The van der Waals surface area contributed by atoms with Crippen LogP contribution in [0.2, 0.25) is 0 Å². The molecule has 0 aliphatic carbocycles. The van der Waals surface area contributed by atoms with Crippen molar-refractivity contribution in [2.75, 3.05) is 6.61 Å². The molecule has 8 nitrogen and oxygen atoms in total. The van der Waals surface area contributed by atoms with Crippen molar-refractivity contribution in [3.05, 3.63) is 82.9 Å². The van der Waals surface area contributed by atoms with Crippen molar-refractivity contribution in [2.45, 2.75) is 45.5 Å². The number of aryl methyl sites for hydroxylation is 2. The standard InChI is InChI=1S/C30H33N3O5/c1-5-27(28(36)26(35)17-34)38-30(31)33-16-24-14-19(3)25(15-18(24)2)22-10-6-20(7-11-22)21-8-12-23(13-9-21)29(37)32-4/h6-16,26-28,31,34-36H,4-5,17H2,1-3H3. The van der Waals surface area contributed by atoms with Gasteiger partial charge in [-0.15, -0.1) is 0 Å². The molecule has 0 aliphatic rings. The quantitative estimate of drug-likeness (QED) is 0.248. The van der Waals surface area contributed by atoms with Crippen LogP contribution in [0.1, 0.15) is 40.4 Å². The van der Waals surface area contributed by atoms with Gasteiger partial charge >= 0.3 is 6.02 Å². The van der Waals surface area contributed by atoms with E-state index in [9.17, 15) is 15.0 Å². The van der Waals surface area contributed by atoms with Crippen molar-refractivity contribution in [1.29, 1.82) is 5.41 Å². The minimum Gasteiger partial charge on any atom is -0.458 e. The van der Waals surface area contributed by atoms with Crippen LogP contribution in [0.15, 0.2) is 70.6 Å². The summed E-state index contributed by atoms with van der Waals surface area (Å²) in [7, 11) is 0. The zero-order chi connectivity index (χ0) is 27.8. The van der Waals surface area contributed by atoms with E-state index >= 15 is 0 Å². The van der Waals surface area contributed by atoms with E-state index in [0.29, 0.717) is 12.0 Å². The highest BCUT2D eigenvalue weighted by atomic mass is 16.5. The molecule has 1 amide bonds. The summed E-state index contributed by atoms with van der Waals surface area (Å²) in [5.74, 6) is -0.350. The van der Waals surface area contributed by atoms with Gasteiger partial charge in [0.1, 0.15) is 18.3 Å². The highest BCUT2D eigenvalue weighted by Gasteiger charge is 2.26. The maximum absolute atomic E-state index is 11.7. The lowest BCUT2D eigenvalue weighted by atomic mass is 9.94. The molecule has 3 rings (SSSR count). The summed E-state index contributed by atoms with van der Waals surface area (Å²) in [5, 5.41) is 36.7. The first kappa shape index (κ1) is 28.6. The van der Waals surface area contributed by atoms with Crippen LogP contribution in [-0.2, 0) is 4.74 Å². The SMILES string of the molecule is C=NC(=O)c1ccc(-c2ccc(-c3cc(C)c(C=NC(=N)OC(CC)C(O)C(O)CO)cc3C)cc2)cc1. The molecular weight excluding hydrogens is 482 g/mol. The highest BCUT2D eigenvalue weighted by Crippen LogP contribution is 2.29. The van der Waals surface area contributed by atoms with Crippen LogP contribution in [0.5, 0.6) is 0 Å². The van der Waals surface area contributed by atoms with Crippen LogP contribution in [0.3, 0.4) is 0 Å². The molecule has 8 heteroatoms. The molecule has 0 fully saturated rings. The predicted octanol–water partition coefficient (Wildman–Crippen LogP) is 4.34. The second-order valence-electron chi connectivity index (χ2n) is 9.01. The summed E-state index contributed by atoms with van der Waals surface area (Å²) in [6.45, 7) is 8.38. The van der Waals surface area contributed by atoms with E-state index in [1.54, 1.807) is 19.1 Å². The van der Waals surface area contributed by atoms with Crippen molar-refractivity contribution in [3.8, 4) is 22.3 Å². The fraction of sp³-hybridized carbons (Fsp3) is 0.267. The van der Waals surface area contributed by atoms with Crippen molar-refractivity contribution in [2.24, 2.45) is 9.98 Å². The number of ether oxygens (including phenoxy) is 1. The first-order valence-corrected chi connectivity index (χ1v) is 12.3. The molecule has 4 N–H and O–H groups in total. The molecule has 0 heterocycles. The van der Waals surface area contributed by atoms with E-state index in [0.717, 1.165) is 38.9 Å². The normalized spacial score (nSPS) is 13.6. The number of nitrogens with zero attached hydrogens (tertiary/aromatic N) is 2. The Bertz CT molecular complexity index is 1320. The van der Waals surface area contributed by atoms with Gasteiger partial charge in [-0.05, 0) is 84.1 Å². The second kappa shape index (κ2) is 13.0. The number of aliphatic hydroxyl groups is 3. The Morgan fingerprint density at radius 3 is 2.13 bits per heavy atom. The summed E-state index contributed by atoms with van der Waals surface area (Å²) in [6, 6.07) is 19.1. The molecule has 3 aromatic carbocycles. The van der Waals surface area contributed by atoms with E-state index in [2.05, 4.69) is 34.9 Å². The van der Waals surface area contributed by atoms with Gasteiger partial charge in [-0.25, -0.2) is 15.4 Å². The molecule has 0 aromatic heterocycles. The van der Waals surface area contributed by atoms with Crippen LogP contribution >= 0.6 is 0 Å². The van der Waals surface area contributed by atoms with Gasteiger partial charge in [-0.3, -0.25) is 4.79 Å². The summed E-state index contributed by atoms with van der Waals surface area (Å²) in [4.78, 5) is 19.2. The lowest BCUT2D eigenvalue weighted by Crippen LogP contribution is -2.41. The highest BCUT2D eigenvalue weighted by molar-refractivity contribution is 5.97. The van der Waals surface area contributed by atoms with Crippen molar-refractivity contribution in [3.63, 3.8) is 0 Å². The topological polar surface area (TPSA) is 136 Å². The smallest absolute Gasteiger partial charge is 0.309 e.